The van der Waals surface area contributed by atoms with Gasteiger partial charge in [-0.1, -0.05) is 23.7 Å². The lowest BCUT2D eigenvalue weighted by molar-refractivity contribution is -0.137. The summed E-state index contributed by atoms with van der Waals surface area (Å²) in [6, 6.07) is 14.5. The van der Waals surface area contributed by atoms with Crippen LogP contribution in [-0.2, 0) is 9.53 Å². The zero-order valence-corrected chi connectivity index (χ0v) is 20.5. The van der Waals surface area contributed by atoms with Crippen molar-refractivity contribution in [2.24, 2.45) is 0 Å². The Hall–Kier alpha value is -3.40. The third-order valence-corrected chi connectivity index (χ3v) is 7.12. The highest BCUT2D eigenvalue weighted by molar-refractivity contribution is 7.22. The summed E-state index contributed by atoms with van der Waals surface area (Å²) in [5, 5.41) is 0.655. The molecule has 0 bridgehead atoms. The average molecular weight is 512 g/mol. The summed E-state index contributed by atoms with van der Waals surface area (Å²) in [5.41, 5.74) is 2.00. The van der Waals surface area contributed by atoms with Crippen molar-refractivity contribution < 1.29 is 19.0 Å². The number of morpholine rings is 1. The zero-order valence-electron chi connectivity index (χ0n) is 18.9. The van der Waals surface area contributed by atoms with Crippen LogP contribution in [0.4, 0.5) is 0 Å². The Morgan fingerprint density at radius 3 is 2.63 bits per heavy atom. The molecule has 3 heterocycles. The largest absolute Gasteiger partial charge is 0.493 e. The van der Waals surface area contributed by atoms with Crippen molar-refractivity contribution >= 4 is 39.1 Å². The molecule has 10 heteroatoms. The van der Waals surface area contributed by atoms with Gasteiger partial charge in [-0.2, -0.15) is 0 Å². The van der Waals surface area contributed by atoms with Crippen molar-refractivity contribution in [1.29, 1.82) is 0 Å². The lowest BCUT2D eigenvalue weighted by atomic mass is 10.2. The quantitative estimate of drug-likeness (QED) is 0.389. The molecule has 1 saturated heterocycles. The first-order valence-corrected chi connectivity index (χ1v) is 12.2. The molecule has 180 valence electrons. The van der Waals surface area contributed by atoms with Crippen molar-refractivity contribution in [2.75, 3.05) is 40.0 Å². The molecule has 1 fully saturated rings. The highest BCUT2D eigenvalue weighted by Gasteiger charge is 2.19. The minimum absolute atomic E-state index is 0.105. The SMILES string of the molecule is COc1cc(-n2cnc3cc(-c4ccc(Cl)cc4)sc3c2=O)ccc1OCC(=O)N1CCOCC1. The highest BCUT2D eigenvalue weighted by Crippen LogP contribution is 2.33. The van der Waals surface area contributed by atoms with Crippen LogP contribution in [0.5, 0.6) is 11.5 Å². The van der Waals surface area contributed by atoms with Gasteiger partial charge in [0.05, 0.1) is 31.5 Å². The van der Waals surface area contributed by atoms with E-state index >= 15 is 0 Å². The van der Waals surface area contributed by atoms with Crippen LogP contribution >= 0.6 is 22.9 Å². The summed E-state index contributed by atoms with van der Waals surface area (Å²) in [5.74, 6) is 0.720. The molecule has 0 spiro atoms. The van der Waals surface area contributed by atoms with Crippen LogP contribution < -0.4 is 15.0 Å². The second-order valence-corrected chi connectivity index (χ2v) is 9.36. The standard InChI is InChI=1S/C25H22ClN3O5S/c1-32-21-12-18(6-7-20(21)34-14-23(30)28-8-10-33-11-9-28)29-15-27-19-13-22(35-24(19)25(29)31)16-2-4-17(26)5-3-16/h2-7,12-13,15H,8-11,14H2,1H3. The van der Waals surface area contributed by atoms with Crippen LogP contribution in [0.1, 0.15) is 0 Å². The number of aromatic nitrogens is 2. The molecule has 2 aromatic carbocycles. The Bertz CT molecular complexity index is 1430. The van der Waals surface area contributed by atoms with Gasteiger partial charge in [0.25, 0.3) is 11.5 Å². The number of carbonyl (C=O) groups is 1. The van der Waals surface area contributed by atoms with Crippen LogP contribution in [0.15, 0.2) is 59.7 Å². The minimum Gasteiger partial charge on any atom is -0.493 e. The summed E-state index contributed by atoms with van der Waals surface area (Å²) < 4.78 is 18.5. The summed E-state index contributed by atoms with van der Waals surface area (Å²) in [6.07, 6.45) is 1.50. The van der Waals surface area contributed by atoms with Crippen molar-refractivity contribution in [2.45, 2.75) is 0 Å². The van der Waals surface area contributed by atoms with Crippen LogP contribution in [0.25, 0.3) is 26.3 Å². The van der Waals surface area contributed by atoms with Crippen LogP contribution in [0, 0.1) is 0 Å². The number of nitrogens with zero attached hydrogens (tertiary/aromatic N) is 3. The van der Waals surface area contributed by atoms with E-state index in [2.05, 4.69) is 4.98 Å². The second kappa shape index (κ2) is 10.1. The van der Waals surface area contributed by atoms with Crippen molar-refractivity contribution in [3.05, 3.63) is 70.2 Å². The van der Waals surface area contributed by atoms with Gasteiger partial charge < -0.3 is 19.1 Å². The number of rotatable bonds is 6. The topological polar surface area (TPSA) is 82.9 Å². The molecule has 8 nitrogen and oxygen atoms in total. The average Bonchev–Trinajstić information content (AvgIpc) is 3.34. The number of amides is 1. The van der Waals surface area contributed by atoms with Crippen molar-refractivity contribution in [3.8, 4) is 27.6 Å². The Morgan fingerprint density at radius 2 is 1.89 bits per heavy atom. The van der Waals surface area contributed by atoms with Gasteiger partial charge in [0.15, 0.2) is 18.1 Å². The molecule has 1 aliphatic heterocycles. The van der Waals surface area contributed by atoms with E-state index in [0.29, 0.717) is 58.7 Å². The summed E-state index contributed by atoms with van der Waals surface area (Å²) in [6.45, 7) is 2.06. The molecule has 0 radical (unpaired) electrons. The van der Waals surface area contributed by atoms with Crippen LogP contribution in [-0.4, -0.2) is 60.4 Å². The van der Waals surface area contributed by atoms with Gasteiger partial charge in [-0.25, -0.2) is 4.98 Å². The molecule has 0 saturated carbocycles. The fourth-order valence-electron chi connectivity index (χ4n) is 3.82. The van der Waals surface area contributed by atoms with Gasteiger partial charge in [0.1, 0.15) is 11.0 Å². The van der Waals surface area contributed by atoms with E-state index in [9.17, 15) is 9.59 Å². The number of hydrogen-bond acceptors (Lipinski definition) is 7. The Kier molecular flexibility index (Phi) is 6.72. The molecule has 1 amide bonds. The van der Waals surface area contributed by atoms with Gasteiger partial charge in [-0.3, -0.25) is 14.2 Å². The predicted molar refractivity (Wildman–Crippen MR) is 135 cm³/mol. The van der Waals surface area contributed by atoms with E-state index in [4.69, 9.17) is 25.8 Å². The van der Waals surface area contributed by atoms with Gasteiger partial charge in [0, 0.05) is 29.1 Å². The Labute approximate surface area is 210 Å². The highest BCUT2D eigenvalue weighted by atomic mass is 35.5. The molecule has 0 aliphatic carbocycles. The molecule has 1 aliphatic rings. The van der Waals surface area contributed by atoms with Gasteiger partial charge in [0.2, 0.25) is 0 Å². The molecule has 0 N–H and O–H groups in total. The lowest BCUT2D eigenvalue weighted by Crippen LogP contribution is -2.43. The van der Waals surface area contributed by atoms with E-state index in [-0.39, 0.29) is 18.1 Å². The van der Waals surface area contributed by atoms with Crippen LogP contribution in [0.3, 0.4) is 0 Å². The maximum absolute atomic E-state index is 13.3. The molecule has 35 heavy (non-hydrogen) atoms. The van der Waals surface area contributed by atoms with Crippen LogP contribution in [0.2, 0.25) is 5.02 Å². The molecule has 0 atom stereocenters. The first-order valence-electron chi connectivity index (χ1n) is 11.0. The Morgan fingerprint density at radius 1 is 1.11 bits per heavy atom. The van der Waals surface area contributed by atoms with E-state index in [0.717, 1.165) is 10.4 Å². The first kappa shape index (κ1) is 23.3. The van der Waals surface area contributed by atoms with Gasteiger partial charge in [-0.15, -0.1) is 11.3 Å². The fraction of sp³-hybridized carbons (Fsp3) is 0.240. The maximum Gasteiger partial charge on any atom is 0.275 e. The molecular weight excluding hydrogens is 490 g/mol. The van der Waals surface area contributed by atoms with E-state index < -0.39 is 0 Å². The molecule has 2 aromatic heterocycles. The van der Waals surface area contributed by atoms with E-state index in [1.807, 2.05) is 30.3 Å². The normalized spacial score (nSPS) is 13.7. The number of benzene rings is 2. The lowest BCUT2D eigenvalue weighted by Gasteiger charge is -2.26. The summed E-state index contributed by atoms with van der Waals surface area (Å²) in [7, 11) is 1.51. The number of halogens is 1. The number of thiophene rings is 1. The number of fused-ring (bicyclic) bond motifs is 1. The predicted octanol–water partition coefficient (Wildman–Crippen LogP) is 4.01. The second-order valence-electron chi connectivity index (χ2n) is 7.87. The number of hydrogen-bond donors (Lipinski definition) is 0. The van der Waals surface area contributed by atoms with E-state index in [1.54, 1.807) is 23.1 Å². The van der Waals surface area contributed by atoms with Crippen molar-refractivity contribution in [3.63, 3.8) is 0 Å². The summed E-state index contributed by atoms with van der Waals surface area (Å²) >= 11 is 7.38. The maximum atomic E-state index is 13.3. The minimum atomic E-state index is -0.182. The van der Waals surface area contributed by atoms with E-state index in [1.165, 1.54) is 29.3 Å². The first-order chi connectivity index (χ1) is 17.0. The fourth-order valence-corrected chi connectivity index (χ4v) is 4.99. The van der Waals surface area contributed by atoms with Gasteiger partial charge >= 0.3 is 0 Å². The smallest absolute Gasteiger partial charge is 0.275 e. The third-order valence-electron chi connectivity index (χ3n) is 5.71. The molecule has 5 rings (SSSR count). The van der Waals surface area contributed by atoms with Crippen molar-refractivity contribution in [1.82, 2.24) is 14.5 Å². The summed E-state index contributed by atoms with van der Waals surface area (Å²) in [4.78, 5) is 32.8. The number of carbonyl (C=O) groups excluding carboxylic acids is 1. The Balaban J connectivity index is 1.40. The third kappa shape index (κ3) is 4.88. The number of ether oxygens (including phenoxy) is 3. The zero-order chi connectivity index (χ0) is 24.4. The number of methoxy groups -OCH3 is 1. The molecule has 4 aromatic rings. The molecular formula is C25H22ClN3O5S. The van der Waals surface area contributed by atoms with Gasteiger partial charge in [-0.05, 0) is 35.9 Å². The molecule has 0 unspecified atom stereocenters. The monoisotopic (exact) mass is 511 g/mol.